The summed E-state index contributed by atoms with van der Waals surface area (Å²) in [5, 5.41) is 13.8. The summed E-state index contributed by atoms with van der Waals surface area (Å²) in [4.78, 5) is 16.3. The molecule has 0 atom stereocenters. The number of nitrogens with zero attached hydrogens (tertiary/aromatic N) is 3. The fraction of sp³-hybridized carbons (Fsp3) is 0.500. The molecule has 17 heavy (non-hydrogen) atoms. The lowest BCUT2D eigenvalue weighted by atomic mass is 10.1. The zero-order chi connectivity index (χ0) is 12.4. The van der Waals surface area contributed by atoms with E-state index in [1.54, 1.807) is 6.07 Å². The van der Waals surface area contributed by atoms with E-state index in [1.165, 1.54) is 6.07 Å². The zero-order valence-electron chi connectivity index (χ0n) is 9.59. The normalized spacial score (nSPS) is 15.4. The van der Waals surface area contributed by atoms with E-state index in [0.717, 1.165) is 19.6 Å². The third kappa shape index (κ3) is 2.14. The van der Waals surface area contributed by atoms with Crippen LogP contribution in [0.5, 0.6) is 0 Å². The number of rotatable bonds is 4. The van der Waals surface area contributed by atoms with E-state index >= 15 is 0 Å². The van der Waals surface area contributed by atoms with Gasteiger partial charge in [0.05, 0.1) is 11.0 Å². The number of aromatic nitrogens is 1. The van der Waals surface area contributed by atoms with E-state index < -0.39 is 4.92 Å². The van der Waals surface area contributed by atoms with Crippen LogP contribution < -0.4 is 16.0 Å². The van der Waals surface area contributed by atoms with E-state index in [0.29, 0.717) is 11.9 Å². The molecule has 1 aromatic heterocycles. The molecule has 0 unspecified atom stereocenters. The van der Waals surface area contributed by atoms with E-state index in [1.807, 2.05) is 6.92 Å². The Kier molecular flexibility index (Phi) is 3.10. The first-order valence-electron chi connectivity index (χ1n) is 5.51. The number of hydrogen-bond donors (Lipinski definition) is 2. The average molecular weight is 237 g/mol. The Bertz CT molecular complexity index is 433. The fourth-order valence-electron chi connectivity index (χ4n) is 1.87. The van der Waals surface area contributed by atoms with Gasteiger partial charge in [-0.05, 0) is 13.0 Å². The van der Waals surface area contributed by atoms with Gasteiger partial charge in [-0.1, -0.05) is 0 Å². The van der Waals surface area contributed by atoms with Gasteiger partial charge in [0.15, 0.2) is 0 Å². The largest absolute Gasteiger partial charge is 0.378 e. The molecular formula is C10H15N5O2. The summed E-state index contributed by atoms with van der Waals surface area (Å²) >= 11 is 0. The number of likely N-dealkylation sites (N-methyl/N-ethyl adjacent to an activating group) is 1. The molecule has 0 radical (unpaired) electrons. The van der Waals surface area contributed by atoms with Crippen LogP contribution in [0.4, 0.5) is 17.3 Å². The van der Waals surface area contributed by atoms with Crippen molar-refractivity contribution in [2.45, 2.75) is 13.0 Å². The lowest BCUT2D eigenvalue weighted by Crippen LogP contribution is -2.57. The Hall–Kier alpha value is -1.89. The molecule has 0 spiro atoms. The van der Waals surface area contributed by atoms with Crippen molar-refractivity contribution >= 4 is 17.3 Å². The Morgan fingerprint density at radius 2 is 2.35 bits per heavy atom. The molecule has 1 fully saturated rings. The second kappa shape index (κ2) is 4.54. The first-order valence-corrected chi connectivity index (χ1v) is 5.51. The first-order chi connectivity index (χ1) is 8.13. The van der Waals surface area contributed by atoms with E-state index in [4.69, 9.17) is 5.73 Å². The van der Waals surface area contributed by atoms with Crippen molar-refractivity contribution in [3.8, 4) is 0 Å². The van der Waals surface area contributed by atoms with Gasteiger partial charge < -0.3 is 16.0 Å². The molecule has 1 aromatic rings. The molecular weight excluding hydrogens is 222 g/mol. The Labute approximate surface area is 98.8 Å². The van der Waals surface area contributed by atoms with Crippen molar-refractivity contribution in [2.24, 2.45) is 0 Å². The molecule has 0 aliphatic carbocycles. The molecule has 1 aliphatic rings. The van der Waals surface area contributed by atoms with E-state index in [-0.39, 0.29) is 11.5 Å². The summed E-state index contributed by atoms with van der Waals surface area (Å²) in [6.45, 7) is 4.65. The fourth-order valence-corrected chi connectivity index (χ4v) is 1.87. The molecule has 0 aromatic carbocycles. The van der Waals surface area contributed by atoms with Crippen LogP contribution >= 0.6 is 0 Å². The van der Waals surface area contributed by atoms with Gasteiger partial charge in [-0.2, -0.15) is 0 Å². The Morgan fingerprint density at radius 3 is 2.76 bits per heavy atom. The van der Waals surface area contributed by atoms with Crippen LogP contribution in [0.2, 0.25) is 0 Å². The van der Waals surface area contributed by atoms with Gasteiger partial charge >= 0.3 is 5.69 Å². The minimum Gasteiger partial charge on any atom is -0.378 e. The van der Waals surface area contributed by atoms with Crippen LogP contribution in [0, 0.1) is 10.1 Å². The number of nitrogens with two attached hydrogens (primary N) is 1. The highest BCUT2D eigenvalue weighted by Gasteiger charge is 2.25. The molecule has 0 bridgehead atoms. The topological polar surface area (TPSA) is 97.3 Å². The van der Waals surface area contributed by atoms with Crippen molar-refractivity contribution in [2.75, 3.05) is 30.3 Å². The molecule has 2 heterocycles. The van der Waals surface area contributed by atoms with Gasteiger partial charge in [0.1, 0.15) is 5.82 Å². The maximum Gasteiger partial charge on any atom is 0.311 e. The predicted octanol–water partition coefficient (Wildman–Crippen LogP) is 0.370. The minimum atomic E-state index is -0.521. The predicted molar refractivity (Wildman–Crippen MR) is 65.0 cm³/mol. The molecule has 3 N–H and O–H groups in total. The summed E-state index contributed by atoms with van der Waals surface area (Å²) < 4.78 is 0. The average Bonchev–Trinajstić information content (AvgIpc) is 2.22. The van der Waals surface area contributed by atoms with Crippen LogP contribution in [-0.2, 0) is 0 Å². The van der Waals surface area contributed by atoms with Crippen LogP contribution in [-0.4, -0.2) is 35.6 Å². The Balaban J connectivity index is 2.26. The van der Waals surface area contributed by atoms with Crippen molar-refractivity contribution in [1.82, 2.24) is 10.3 Å². The minimum absolute atomic E-state index is 0.0294. The van der Waals surface area contributed by atoms with Gasteiger partial charge in [0.25, 0.3) is 0 Å². The third-order valence-electron chi connectivity index (χ3n) is 2.92. The monoisotopic (exact) mass is 237 g/mol. The van der Waals surface area contributed by atoms with Crippen molar-refractivity contribution < 1.29 is 4.92 Å². The smallest absolute Gasteiger partial charge is 0.311 e. The van der Waals surface area contributed by atoms with Crippen molar-refractivity contribution in [1.29, 1.82) is 0 Å². The number of nitrogen functional groups attached to an aromatic ring is 1. The third-order valence-corrected chi connectivity index (χ3v) is 2.92. The lowest BCUT2D eigenvalue weighted by molar-refractivity contribution is -0.384. The van der Waals surface area contributed by atoms with Crippen LogP contribution in [0.15, 0.2) is 12.1 Å². The van der Waals surface area contributed by atoms with Gasteiger partial charge in [-0.3, -0.25) is 10.1 Å². The summed E-state index contributed by atoms with van der Waals surface area (Å²) in [7, 11) is 0. The van der Waals surface area contributed by atoms with E-state index in [9.17, 15) is 10.1 Å². The van der Waals surface area contributed by atoms with Gasteiger partial charge in [-0.15, -0.1) is 0 Å². The second-order valence-corrected chi connectivity index (χ2v) is 3.93. The number of hydrogen-bond acceptors (Lipinski definition) is 6. The zero-order valence-corrected chi connectivity index (χ0v) is 9.59. The standard InChI is InChI=1S/C10H15N5O2/c1-2-14(7-5-12-6-7)9-4-3-8(15(16)17)10(11)13-9/h3-4,7,12H,2,5-6H2,1H3,(H2,11,13). The SMILES string of the molecule is CCN(c1ccc([N+](=O)[O-])c(N)n1)C1CNC1. The van der Waals surface area contributed by atoms with Crippen LogP contribution in [0.25, 0.3) is 0 Å². The molecule has 0 saturated carbocycles. The molecule has 92 valence electrons. The number of pyridine rings is 1. The highest BCUT2D eigenvalue weighted by Crippen LogP contribution is 2.24. The maximum atomic E-state index is 10.6. The number of nitro groups is 1. The van der Waals surface area contributed by atoms with E-state index in [2.05, 4.69) is 15.2 Å². The summed E-state index contributed by atoms with van der Waals surface area (Å²) in [5.74, 6) is 0.667. The highest BCUT2D eigenvalue weighted by molar-refractivity contribution is 5.58. The maximum absolute atomic E-state index is 10.6. The highest BCUT2D eigenvalue weighted by atomic mass is 16.6. The van der Waals surface area contributed by atoms with Crippen molar-refractivity contribution in [3.63, 3.8) is 0 Å². The summed E-state index contributed by atoms with van der Waals surface area (Å²) in [5.41, 5.74) is 5.44. The van der Waals surface area contributed by atoms with Crippen molar-refractivity contribution in [3.05, 3.63) is 22.2 Å². The molecule has 7 heteroatoms. The van der Waals surface area contributed by atoms with Gasteiger partial charge in [0, 0.05) is 25.7 Å². The molecule has 1 saturated heterocycles. The molecule has 2 rings (SSSR count). The summed E-state index contributed by atoms with van der Waals surface area (Å²) in [6, 6.07) is 3.45. The summed E-state index contributed by atoms with van der Waals surface area (Å²) in [6.07, 6.45) is 0. The number of anilines is 2. The van der Waals surface area contributed by atoms with Gasteiger partial charge in [0.2, 0.25) is 5.82 Å². The quantitative estimate of drug-likeness (QED) is 0.580. The van der Waals surface area contributed by atoms with Gasteiger partial charge in [-0.25, -0.2) is 4.98 Å². The second-order valence-electron chi connectivity index (χ2n) is 3.93. The lowest BCUT2D eigenvalue weighted by Gasteiger charge is -2.38. The molecule has 7 nitrogen and oxygen atoms in total. The first kappa shape index (κ1) is 11.6. The number of nitrogens with one attached hydrogen (secondary N) is 1. The Morgan fingerprint density at radius 1 is 1.65 bits per heavy atom. The van der Waals surface area contributed by atoms with Crippen LogP contribution in [0.3, 0.4) is 0 Å². The molecule has 1 aliphatic heterocycles. The molecule has 0 amide bonds. The van der Waals surface area contributed by atoms with Crippen LogP contribution in [0.1, 0.15) is 6.92 Å².